The Bertz CT molecular complexity index is 1650. The molecular weight excluding hydrogens is 490 g/mol. The molecule has 1 amide bonds. The second-order valence-corrected chi connectivity index (χ2v) is 9.78. The van der Waals surface area contributed by atoms with Crippen molar-refractivity contribution in [3.8, 4) is 28.4 Å². The van der Waals surface area contributed by atoms with Gasteiger partial charge in [-0.3, -0.25) is 9.78 Å². The van der Waals surface area contributed by atoms with E-state index in [0.29, 0.717) is 18.5 Å². The fourth-order valence-corrected chi connectivity index (χ4v) is 5.61. The van der Waals surface area contributed by atoms with Crippen LogP contribution >= 0.6 is 0 Å². The molecule has 1 aliphatic heterocycles. The summed E-state index contributed by atoms with van der Waals surface area (Å²) >= 11 is 0. The molecule has 0 fully saturated rings. The van der Waals surface area contributed by atoms with Gasteiger partial charge in [-0.05, 0) is 60.4 Å². The van der Waals surface area contributed by atoms with Crippen LogP contribution in [0.5, 0.6) is 5.75 Å². The number of aryl methyl sites for hydroxylation is 1. The summed E-state index contributed by atoms with van der Waals surface area (Å²) in [6, 6.07) is 19.4. The zero-order chi connectivity index (χ0) is 26.9. The molecule has 0 aliphatic carbocycles. The lowest BCUT2D eigenvalue weighted by Gasteiger charge is -2.23. The number of H-pyrrole nitrogens is 1. The molecule has 8 nitrogen and oxygen atoms in total. The average molecular weight is 522 g/mol. The maximum absolute atomic E-state index is 13.9. The van der Waals surface area contributed by atoms with E-state index < -0.39 is 6.04 Å². The molecule has 0 radical (unpaired) electrons. The van der Waals surface area contributed by atoms with E-state index in [9.17, 15) is 9.90 Å². The lowest BCUT2D eigenvalue weighted by molar-refractivity contribution is 0.0917. The Hall–Kier alpha value is -4.56. The van der Waals surface area contributed by atoms with Crippen molar-refractivity contribution in [1.29, 1.82) is 0 Å². The Balaban J connectivity index is 1.39. The minimum absolute atomic E-state index is 0.175. The number of methoxy groups -OCH3 is 1. The molecular formula is C31H31N5O3. The van der Waals surface area contributed by atoms with Crippen LogP contribution in [0, 0.1) is 0 Å². The molecule has 6 rings (SSSR count). The van der Waals surface area contributed by atoms with Crippen LogP contribution in [0.3, 0.4) is 0 Å². The zero-order valence-corrected chi connectivity index (χ0v) is 22.0. The van der Waals surface area contributed by atoms with Crippen molar-refractivity contribution in [3.05, 3.63) is 89.7 Å². The third-order valence-electron chi connectivity index (χ3n) is 7.52. The van der Waals surface area contributed by atoms with Gasteiger partial charge in [0.05, 0.1) is 42.4 Å². The van der Waals surface area contributed by atoms with E-state index in [1.54, 1.807) is 13.3 Å². The number of hydrogen-bond donors (Lipinski definition) is 4. The predicted molar refractivity (Wildman–Crippen MR) is 153 cm³/mol. The average Bonchev–Trinajstić information content (AvgIpc) is 3.58. The molecule has 0 saturated heterocycles. The monoisotopic (exact) mass is 521 g/mol. The van der Waals surface area contributed by atoms with Crippen LogP contribution in [0.15, 0.2) is 73.1 Å². The number of pyridine rings is 1. The number of aliphatic hydroxyl groups is 1. The van der Waals surface area contributed by atoms with E-state index in [1.165, 1.54) is 5.56 Å². The Kier molecular flexibility index (Phi) is 6.54. The van der Waals surface area contributed by atoms with Gasteiger partial charge in [-0.1, -0.05) is 24.3 Å². The molecule has 0 bridgehead atoms. The number of benzene rings is 2. The molecule has 39 heavy (non-hydrogen) atoms. The van der Waals surface area contributed by atoms with E-state index in [1.807, 2.05) is 61.8 Å². The lowest BCUT2D eigenvalue weighted by atomic mass is 9.97. The number of aromatic amines is 1. The number of aromatic nitrogens is 3. The Morgan fingerprint density at radius 3 is 2.79 bits per heavy atom. The SMILES string of the molecule is CNc1cc2c(cc1OC)CCn1c-2cc(C(=O)N[C@@H](CO)Cc2c[nH]c3ccccc23)c1-c1ccccn1. The van der Waals surface area contributed by atoms with Gasteiger partial charge in [-0.2, -0.15) is 0 Å². The summed E-state index contributed by atoms with van der Waals surface area (Å²) in [7, 11) is 3.54. The summed E-state index contributed by atoms with van der Waals surface area (Å²) in [5, 5.41) is 17.6. The maximum Gasteiger partial charge on any atom is 0.253 e. The van der Waals surface area contributed by atoms with Crippen molar-refractivity contribution in [2.45, 2.75) is 25.4 Å². The number of amides is 1. The van der Waals surface area contributed by atoms with Gasteiger partial charge >= 0.3 is 0 Å². The summed E-state index contributed by atoms with van der Waals surface area (Å²) in [5.74, 6) is 0.558. The van der Waals surface area contributed by atoms with Gasteiger partial charge in [-0.15, -0.1) is 0 Å². The molecule has 1 aliphatic rings. The molecule has 8 heteroatoms. The number of para-hydroxylation sites is 1. The van der Waals surface area contributed by atoms with Gasteiger partial charge in [0.1, 0.15) is 5.75 Å². The Morgan fingerprint density at radius 2 is 2.03 bits per heavy atom. The molecule has 0 saturated carbocycles. The number of nitrogens with one attached hydrogen (secondary N) is 3. The zero-order valence-electron chi connectivity index (χ0n) is 22.0. The van der Waals surface area contributed by atoms with Gasteiger partial charge in [0.25, 0.3) is 5.91 Å². The molecule has 5 aromatic rings. The van der Waals surface area contributed by atoms with Gasteiger partial charge in [0.2, 0.25) is 0 Å². The maximum atomic E-state index is 13.9. The number of hydrogen-bond acceptors (Lipinski definition) is 5. The standard InChI is InChI=1S/C31H31N5O3/c1-32-27-15-23-19(14-29(27)39-2)10-12-36-28(23)16-24(30(36)26-9-5-6-11-33-26)31(38)35-21(18-37)13-20-17-34-25-8-4-3-7-22(20)25/h3-9,11,14-17,21,32,34,37H,10,12-13,18H2,1-2H3,(H,35,38)/t21-/m1/s1. The van der Waals surface area contributed by atoms with Crippen molar-refractivity contribution in [3.63, 3.8) is 0 Å². The molecule has 198 valence electrons. The van der Waals surface area contributed by atoms with Gasteiger partial charge in [0.15, 0.2) is 0 Å². The van der Waals surface area contributed by atoms with Crippen molar-refractivity contribution < 1.29 is 14.6 Å². The highest BCUT2D eigenvalue weighted by molar-refractivity contribution is 6.02. The van der Waals surface area contributed by atoms with E-state index in [-0.39, 0.29) is 12.5 Å². The third kappa shape index (κ3) is 4.42. The highest BCUT2D eigenvalue weighted by atomic mass is 16.5. The summed E-state index contributed by atoms with van der Waals surface area (Å²) in [4.78, 5) is 21.7. The van der Waals surface area contributed by atoms with Crippen LogP contribution in [-0.2, 0) is 19.4 Å². The minimum atomic E-state index is -0.447. The lowest BCUT2D eigenvalue weighted by Crippen LogP contribution is -2.39. The van der Waals surface area contributed by atoms with Crippen molar-refractivity contribution >= 4 is 22.5 Å². The van der Waals surface area contributed by atoms with Gasteiger partial charge in [0, 0.05) is 48.1 Å². The van der Waals surface area contributed by atoms with Crippen LogP contribution < -0.4 is 15.4 Å². The number of anilines is 1. The van der Waals surface area contributed by atoms with Crippen molar-refractivity contribution in [1.82, 2.24) is 19.9 Å². The van der Waals surface area contributed by atoms with Crippen molar-refractivity contribution in [2.24, 2.45) is 0 Å². The van der Waals surface area contributed by atoms with Crippen LogP contribution in [0.2, 0.25) is 0 Å². The molecule has 0 spiro atoms. The summed E-state index contributed by atoms with van der Waals surface area (Å²) < 4.78 is 7.76. The number of fused-ring (bicyclic) bond motifs is 4. The number of rotatable bonds is 8. The van der Waals surface area contributed by atoms with Crippen LogP contribution in [-0.4, -0.2) is 52.4 Å². The fraction of sp³-hybridized carbons (Fsp3) is 0.226. The van der Waals surface area contributed by atoms with Crippen LogP contribution in [0.25, 0.3) is 33.5 Å². The Labute approximate surface area is 226 Å². The smallest absolute Gasteiger partial charge is 0.253 e. The number of carbonyl (C=O) groups is 1. The van der Waals surface area contributed by atoms with Gasteiger partial charge in [-0.25, -0.2) is 0 Å². The summed E-state index contributed by atoms with van der Waals surface area (Å²) in [6.45, 7) is 0.536. The van der Waals surface area contributed by atoms with Crippen LogP contribution in [0.1, 0.15) is 21.5 Å². The first-order chi connectivity index (χ1) is 19.1. The predicted octanol–water partition coefficient (Wildman–Crippen LogP) is 4.64. The van der Waals surface area contributed by atoms with E-state index in [2.05, 4.69) is 37.3 Å². The second-order valence-electron chi connectivity index (χ2n) is 9.78. The quantitative estimate of drug-likeness (QED) is 0.238. The highest BCUT2D eigenvalue weighted by Gasteiger charge is 2.28. The molecule has 2 aromatic carbocycles. The van der Waals surface area contributed by atoms with E-state index in [4.69, 9.17) is 4.74 Å². The van der Waals surface area contributed by atoms with E-state index >= 15 is 0 Å². The second kappa shape index (κ2) is 10.3. The topological polar surface area (TPSA) is 104 Å². The first-order valence-corrected chi connectivity index (χ1v) is 13.1. The molecule has 4 N–H and O–H groups in total. The first kappa shape index (κ1) is 24.8. The minimum Gasteiger partial charge on any atom is -0.495 e. The van der Waals surface area contributed by atoms with Crippen molar-refractivity contribution in [2.75, 3.05) is 26.1 Å². The molecule has 4 heterocycles. The number of aliphatic hydroxyl groups excluding tert-OH is 1. The van der Waals surface area contributed by atoms with Crippen LogP contribution in [0.4, 0.5) is 5.69 Å². The van der Waals surface area contributed by atoms with Gasteiger partial charge < -0.3 is 30.0 Å². The number of ether oxygens (including phenoxy) is 1. The first-order valence-electron chi connectivity index (χ1n) is 13.1. The largest absolute Gasteiger partial charge is 0.495 e. The molecule has 1 atom stereocenters. The molecule has 3 aromatic heterocycles. The number of nitrogens with zero attached hydrogens (tertiary/aromatic N) is 2. The number of carbonyl (C=O) groups excluding carboxylic acids is 1. The molecule has 0 unspecified atom stereocenters. The van der Waals surface area contributed by atoms with E-state index in [0.717, 1.165) is 57.0 Å². The fourth-order valence-electron chi connectivity index (χ4n) is 5.61. The normalized spacial score (nSPS) is 13.0. The third-order valence-corrected chi connectivity index (χ3v) is 7.52. The summed E-state index contributed by atoms with van der Waals surface area (Å²) in [5.41, 5.74) is 8.20. The Morgan fingerprint density at radius 1 is 1.18 bits per heavy atom. The highest BCUT2D eigenvalue weighted by Crippen LogP contribution is 2.41. The summed E-state index contributed by atoms with van der Waals surface area (Å²) in [6.07, 6.45) is 5.00.